The largest absolute Gasteiger partial charge is 0.336 e. The molecule has 0 spiro atoms. The molecule has 1 amide bonds. The van der Waals surface area contributed by atoms with Gasteiger partial charge in [-0.3, -0.25) is 9.36 Å². The van der Waals surface area contributed by atoms with E-state index in [1.54, 1.807) is 12.5 Å². The Balaban J connectivity index is 1.84. The number of nitrogens with zero attached hydrogens (tertiary/aromatic N) is 3. The average Bonchev–Trinajstić information content (AvgIpc) is 3.04. The molecule has 1 unspecified atom stereocenters. The van der Waals surface area contributed by atoms with Crippen molar-refractivity contribution >= 4 is 5.91 Å². The van der Waals surface area contributed by atoms with Crippen molar-refractivity contribution in [3.8, 4) is 5.69 Å². The van der Waals surface area contributed by atoms with Gasteiger partial charge in [-0.05, 0) is 32.0 Å². The van der Waals surface area contributed by atoms with Crippen molar-refractivity contribution in [1.82, 2.24) is 19.8 Å². The third-order valence-electron chi connectivity index (χ3n) is 4.01. The van der Waals surface area contributed by atoms with Crippen LogP contribution < -0.4 is 5.32 Å². The number of amides is 1. The van der Waals surface area contributed by atoms with Crippen LogP contribution in [-0.2, 0) is 0 Å². The van der Waals surface area contributed by atoms with Crippen molar-refractivity contribution in [2.45, 2.75) is 18.9 Å². The van der Waals surface area contributed by atoms with Crippen LogP contribution in [0.3, 0.4) is 0 Å². The van der Waals surface area contributed by atoms with Gasteiger partial charge in [0.2, 0.25) is 0 Å². The molecule has 1 N–H and O–H groups in total. The van der Waals surface area contributed by atoms with Crippen molar-refractivity contribution in [3.05, 3.63) is 48.5 Å². The van der Waals surface area contributed by atoms with Crippen LogP contribution in [0.5, 0.6) is 0 Å². The lowest BCUT2D eigenvalue weighted by molar-refractivity contribution is 0.0690. The lowest BCUT2D eigenvalue weighted by Gasteiger charge is -2.32. The number of hydrogen-bond acceptors (Lipinski definition) is 3. The smallest absolute Gasteiger partial charge is 0.272 e. The van der Waals surface area contributed by atoms with Crippen LogP contribution in [0.15, 0.2) is 42.9 Å². The lowest BCUT2D eigenvalue weighted by atomic mass is 10.1. The maximum Gasteiger partial charge on any atom is 0.272 e. The molecule has 1 aliphatic heterocycles. The first-order valence-electron chi connectivity index (χ1n) is 7.34. The minimum Gasteiger partial charge on any atom is -0.336 e. The number of para-hydroxylation sites is 1. The summed E-state index contributed by atoms with van der Waals surface area (Å²) in [5.41, 5.74) is 1.58. The summed E-state index contributed by atoms with van der Waals surface area (Å²) < 4.78 is 1.85. The quantitative estimate of drug-likeness (QED) is 0.933. The standard InChI is InChI=1S/C16H20N4O/c1-17-13-6-5-9-19(11-13)16(21)15-10-18-12-20(15)14-7-3-2-4-8-14/h2-4,7-8,10,12-13,17H,5-6,9,11H2,1H3. The molecule has 2 aromatic rings. The molecule has 21 heavy (non-hydrogen) atoms. The van der Waals surface area contributed by atoms with Crippen LogP contribution in [0.2, 0.25) is 0 Å². The fraction of sp³-hybridized carbons (Fsp3) is 0.375. The SMILES string of the molecule is CNC1CCCN(C(=O)c2cncn2-c2ccccc2)C1. The van der Waals surface area contributed by atoms with Gasteiger partial charge in [-0.15, -0.1) is 0 Å². The number of aromatic nitrogens is 2. The summed E-state index contributed by atoms with van der Waals surface area (Å²) in [4.78, 5) is 18.8. The number of hydrogen-bond donors (Lipinski definition) is 1. The summed E-state index contributed by atoms with van der Waals surface area (Å²) in [5, 5.41) is 3.26. The number of piperidine rings is 1. The van der Waals surface area contributed by atoms with Crippen molar-refractivity contribution in [1.29, 1.82) is 0 Å². The maximum atomic E-state index is 12.8. The predicted octanol–water partition coefficient (Wildman–Crippen LogP) is 1.70. The van der Waals surface area contributed by atoms with Crippen molar-refractivity contribution in [2.75, 3.05) is 20.1 Å². The van der Waals surface area contributed by atoms with Gasteiger partial charge in [0.15, 0.2) is 0 Å². The van der Waals surface area contributed by atoms with Gasteiger partial charge in [0.1, 0.15) is 5.69 Å². The second-order valence-electron chi connectivity index (χ2n) is 5.36. The molecule has 0 saturated carbocycles. The molecule has 3 rings (SSSR count). The number of carbonyl (C=O) groups is 1. The molecule has 5 nitrogen and oxygen atoms in total. The van der Waals surface area contributed by atoms with Crippen LogP contribution in [0.25, 0.3) is 5.69 Å². The average molecular weight is 284 g/mol. The highest BCUT2D eigenvalue weighted by Crippen LogP contribution is 2.16. The number of imidazole rings is 1. The van der Waals surface area contributed by atoms with E-state index in [1.165, 1.54) is 0 Å². The van der Waals surface area contributed by atoms with E-state index in [2.05, 4.69) is 10.3 Å². The molecule has 0 radical (unpaired) electrons. The molecule has 110 valence electrons. The van der Waals surface area contributed by atoms with E-state index in [4.69, 9.17) is 0 Å². The molecule has 1 saturated heterocycles. The zero-order chi connectivity index (χ0) is 14.7. The van der Waals surface area contributed by atoms with Gasteiger partial charge in [-0.25, -0.2) is 4.98 Å². The Labute approximate surface area is 124 Å². The Kier molecular flexibility index (Phi) is 4.01. The van der Waals surface area contributed by atoms with E-state index in [0.29, 0.717) is 11.7 Å². The number of likely N-dealkylation sites (tertiary alicyclic amines) is 1. The Morgan fingerprint density at radius 1 is 1.33 bits per heavy atom. The molecule has 1 aliphatic rings. The number of benzene rings is 1. The first-order valence-corrected chi connectivity index (χ1v) is 7.34. The monoisotopic (exact) mass is 284 g/mol. The van der Waals surface area contributed by atoms with Gasteiger partial charge in [0, 0.05) is 24.8 Å². The lowest BCUT2D eigenvalue weighted by Crippen LogP contribution is -2.47. The Morgan fingerprint density at radius 2 is 2.14 bits per heavy atom. The Bertz CT molecular complexity index is 608. The molecule has 2 heterocycles. The normalized spacial score (nSPS) is 18.7. The van der Waals surface area contributed by atoms with E-state index in [1.807, 2.05) is 46.8 Å². The summed E-state index contributed by atoms with van der Waals surface area (Å²) >= 11 is 0. The zero-order valence-corrected chi connectivity index (χ0v) is 12.2. The molecule has 5 heteroatoms. The minimum atomic E-state index is 0.0521. The van der Waals surface area contributed by atoms with Gasteiger partial charge in [0.05, 0.1) is 12.5 Å². The van der Waals surface area contributed by atoms with E-state index in [-0.39, 0.29) is 5.91 Å². The molecule has 0 bridgehead atoms. The number of rotatable bonds is 3. The second-order valence-corrected chi connectivity index (χ2v) is 5.36. The Hall–Kier alpha value is -2.14. The third-order valence-corrected chi connectivity index (χ3v) is 4.01. The van der Waals surface area contributed by atoms with Crippen LogP contribution in [0.4, 0.5) is 0 Å². The van der Waals surface area contributed by atoms with Crippen LogP contribution in [-0.4, -0.2) is 46.5 Å². The minimum absolute atomic E-state index is 0.0521. The molecule has 1 fully saturated rings. The summed E-state index contributed by atoms with van der Waals surface area (Å²) in [7, 11) is 1.95. The van der Waals surface area contributed by atoms with Crippen molar-refractivity contribution < 1.29 is 4.79 Å². The summed E-state index contributed by atoms with van der Waals surface area (Å²) in [6.07, 6.45) is 5.51. The van der Waals surface area contributed by atoms with Gasteiger partial charge < -0.3 is 10.2 Å². The topological polar surface area (TPSA) is 50.2 Å². The molecule has 1 aromatic carbocycles. The maximum absolute atomic E-state index is 12.8. The third kappa shape index (κ3) is 2.83. The van der Waals surface area contributed by atoms with Crippen LogP contribution >= 0.6 is 0 Å². The van der Waals surface area contributed by atoms with Gasteiger partial charge in [-0.2, -0.15) is 0 Å². The van der Waals surface area contributed by atoms with Gasteiger partial charge in [0.25, 0.3) is 5.91 Å². The first kappa shape index (κ1) is 13.8. The van der Waals surface area contributed by atoms with Gasteiger partial charge >= 0.3 is 0 Å². The van der Waals surface area contributed by atoms with Crippen molar-refractivity contribution in [3.63, 3.8) is 0 Å². The molecule has 0 aliphatic carbocycles. The summed E-state index contributed by atoms with van der Waals surface area (Å²) in [6, 6.07) is 10.2. The van der Waals surface area contributed by atoms with Crippen molar-refractivity contribution in [2.24, 2.45) is 0 Å². The highest BCUT2D eigenvalue weighted by Gasteiger charge is 2.25. The molecular formula is C16H20N4O. The summed E-state index contributed by atoms with van der Waals surface area (Å²) in [6.45, 7) is 1.58. The number of nitrogens with one attached hydrogen (secondary N) is 1. The van der Waals surface area contributed by atoms with E-state index < -0.39 is 0 Å². The van der Waals surface area contributed by atoms with E-state index >= 15 is 0 Å². The summed E-state index contributed by atoms with van der Waals surface area (Å²) in [5.74, 6) is 0.0521. The number of carbonyl (C=O) groups excluding carboxylic acids is 1. The van der Waals surface area contributed by atoms with E-state index in [9.17, 15) is 4.79 Å². The highest BCUT2D eigenvalue weighted by atomic mass is 16.2. The predicted molar refractivity (Wildman–Crippen MR) is 81.5 cm³/mol. The second kappa shape index (κ2) is 6.10. The van der Waals surface area contributed by atoms with E-state index in [0.717, 1.165) is 31.6 Å². The fourth-order valence-corrected chi connectivity index (χ4v) is 2.81. The molecular weight excluding hydrogens is 264 g/mol. The van der Waals surface area contributed by atoms with Gasteiger partial charge in [-0.1, -0.05) is 18.2 Å². The first-order chi connectivity index (χ1) is 10.3. The fourth-order valence-electron chi connectivity index (χ4n) is 2.81. The zero-order valence-electron chi connectivity index (χ0n) is 12.2. The Morgan fingerprint density at radius 3 is 2.90 bits per heavy atom. The molecule has 1 aromatic heterocycles. The molecule has 1 atom stereocenters. The number of likely N-dealkylation sites (N-methyl/N-ethyl adjacent to an activating group) is 1. The van der Waals surface area contributed by atoms with Crippen LogP contribution in [0.1, 0.15) is 23.3 Å². The highest BCUT2D eigenvalue weighted by molar-refractivity contribution is 5.93. The van der Waals surface area contributed by atoms with Crippen LogP contribution in [0, 0.1) is 0 Å².